The molecule has 0 aliphatic rings. The van der Waals surface area contributed by atoms with Crippen molar-refractivity contribution in [3.8, 4) is 0 Å². The number of benzene rings is 1. The number of carbonyl (C=O) groups is 2. The molecular formula is C17H15BrO4. The molecule has 4 nitrogen and oxygen atoms in total. The van der Waals surface area contributed by atoms with E-state index in [1.165, 1.54) is 12.2 Å². The van der Waals surface area contributed by atoms with Gasteiger partial charge in [0, 0.05) is 11.6 Å². The topological polar surface area (TPSA) is 56.5 Å². The summed E-state index contributed by atoms with van der Waals surface area (Å²) in [6.07, 6.45) is 1.86. The fourth-order valence-electron chi connectivity index (χ4n) is 1.79. The van der Waals surface area contributed by atoms with Crippen molar-refractivity contribution in [1.82, 2.24) is 0 Å². The molecule has 0 unspecified atom stereocenters. The molecule has 0 spiro atoms. The largest absolute Gasteiger partial charge is 0.451 e. The van der Waals surface area contributed by atoms with Gasteiger partial charge in [0.25, 0.3) is 0 Å². The Morgan fingerprint density at radius 2 is 1.86 bits per heavy atom. The van der Waals surface area contributed by atoms with Crippen LogP contribution in [0.1, 0.15) is 28.6 Å². The van der Waals surface area contributed by atoms with E-state index in [9.17, 15) is 9.59 Å². The van der Waals surface area contributed by atoms with E-state index in [1.54, 1.807) is 31.2 Å². The molecule has 0 saturated heterocycles. The quantitative estimate of drug-likeness (QED) is 0.454. The van der Waals surface area contributed by atoms with Gasteiger partial charge in [0.2, 0.25) is 5.78 Å². The van der Waals surface area contributed by atoms with Gasteiger partial charge in [-0.25, -0.2) is 4.79 Å². The molecule has 0 aliphatic heterocycles. The fraction of sp³-hybridized carbons (Fsp3) is 0.176. The molecule has 1 aromatic carbocycles. The summed E-state index contributed by atoms with van der Waals surface area (Å²) in [5.41, 5.74) is 1.58. The summed E-state index contributed by atoms with van der Waals surface area (Å²) in [6.45, 7) is 3.49. The average Bonchev–Trinajstić information content (AvgIpc) is 2.91. The molecule has 0 N–H and O–H groups in total. The van der Waals surface area contributed by atoms with Crippen LogP contribution in [0, 0.1) is 6.92 Å². The minimum Gasteiger partial charge on any atom is -0.451 e. The van der Waals surface area contributed by atoms with Crippen LogP contribution in [0.4, 0.5) is 0 Å². The molecule has 1 heterocycles. The first kappa shape index (κ1) is 16.2. The maximum Gasteiger partial charge on any atom is 0.331 e. The molecule has 0 aliphatic carbocycles. The molecule has 0 amide bonds. The molecule has 22 heavy (non-hydrogen) atoms. The summed E-state index contributed by atoms with van der Waals surface area (Å²) in [5, 5.41) is 0. The number of carbonyl (C=O) groups excluding carboxylic acids is 2. The lowest BCUT2D eigenvalue weighted by molar-refractivity contribution is -0.140. The summed E-state index contributed by atoms with van der Waals surface area (Å²) in [7, 11) is 0. The highest BCUT2D eigenvalue weighted by atomic mass is 79.9. The number of Topliss-reactive ketones (excluding diaryl/α,β-unsaturated/α-hetero) is 1. The van der Waals surface area contributed by atoms with Crippen molar-refractivity contribution in [2.24, 2.45) is 0 Å². The molecule has 114 valence electrons. The van der Waals surface area contributed by atoms with Crippen LogP contribution in [0.5, 0.6) is 0 Å². The van der Waals surface area contributed by atoms with Crippen molar-refractivity contribution in [2.75, 3.05) is 0 Å². The van der Waals surface area contributed by atoms with Crippen molar-refractivity contribution in [2.45, 2.75) is 20.0 Å². The first-order valence-corrected chi connectivity index (χ1v) is 7.50. The highest BCUT2D eigenvalue weighted by molar-refractivity contribution is 9.10. The predicted octanol–water partition coefficient (Wildman–Crippen LogP) is 4.18. The zero-order chi connectivity index (χ0) is 16.1. The summed E-state index contributed by atoms with van der Waals surface area (Å²) >= 11 is 3.17. The third-order valence-corrected chi connectivity index (χ3v) is 3.40. The van der Waals surface area contributed by atoms with Crippen LogP contribution < -0.4 is 0 Å². The molecule has 0 bridgehead atoms. The van der Waals surface area contributed by atoms with Gasteiger partial charge in [-0.1, -0.05) is 29.8 Å². The van der Waals surface area contributed by atoms with Crippen LogP contribution in [0.3, 0.4) is 0 Å². The van der Waals surface area contributed by atoms with Gasteiger partial charge in [-0.3, -0.25) is 4.79 Å². The fourth-order valence-corrected chi connectivity index (χ4v) is 2.11. The zero-order valence-electron chi connectivity index (χ0n) is 12.2. The van der Waals surface area contributed by atoms with Crippen molar-refractivity contribution in [3.05, 3.63) is 64.0 Å². The van der Waals surface area contributed by atoms with Crippen molar-refractivity contribution in [3.63, 3.8) is 0 Å². The minimum absolute atomic E-state index is 0.234. The molecule has 0 radical (unpaired) electrons. The van der Waals surface area contributed by atoms with Gasteiger partial charge < -0.3 is 9.15 Å². The maximum absolute atomic E-state index is 12.1. The Hall–Kier alpha value is -2.14. The van der Waals surface area contributed by atoms with E-state index in [0.29, 0.717) is 16.0 Å². The number of esters is 1. The van der Waals surface area contributed by atoms with Crippen LogP contribution in [0.15, 0.2) is 51.6 Å². The number of hydrogen-bond acceptors (Lipinski definition) is 4. The van der Waals surface area contributed by atoms with Crippen LogP contribution in [-0.4, -0.2) is 17.9 Å². The lowest BCUT2D eigenvalue weighted by Crippen LogP contribution is -2.23. The minimum atomic E-state index is -0.844. The monoisotopic (exact) mass is 362 g/mol. The molecule has 5 heteroatoms. The van der Waals surface area contributed by atoms with E-state index in [2.05, 4.69) is 15.9 Å². The SMILES string of the molecule is Cc1ccc(C(=O)[C@@H](C)OC(=O)/C=C/c2ccc(Br)o2)cc1. The zero-order valence-corrected chi connectivity index (χ0v) is 13.8. The molecular weight excluding hydrogens is 348 g/mol. The number of aryl methyl sites for hydroxylation is 1. The lowest BCUT2D eigenvalue weighted by atomic mass is 10.1. The average molecular weight is 363 g/mol. The Balaban J connectivity index is 1.94. The van der Waals surface area contributed by atoms with Crippen LogP contribution in [0.2, 0.25) is 0 Å². The second-order valence-electron chi connectivity index (χ2n) is 4.78. The molecule has 2 aromatic rings. The van der Waals surface area contributed by atoms with E-state index in [1.807, 2.05) is 19.1 Å². The number of ketones is 1. The van der Waals surface area contributed by atoms with E-state index >= 15 is 0 Å². The Bertz CT molecular complexity index is 698. The van der Waals surface area contributed by atoms with Crippen LogP contribution >= 0.6 is 15.9 Å². The highest BCUT2D eigenvalue weighted by Crippen LogP contribution is 2.15. The number of rotatable bonds is 5. The molecule has 0 fully saturated rings. The highest BCUT2D eigenvalue weighted by Gasteiger charge is 2.18. The van der Waals surface area contributed by atoms with Gasteiger partial charge in [-0.15, -0.1) is 0 Å². The summed E-state index contributed by atoms with van der Waals surface area (Å²) in [5.74, 6) is -0.315. The predicted molar refractivity (Wildman–Crippen MR) is 86.5 cm³/mol. The van der Waals surface area contributed by atoms with Gasteiger partial charge >= 0.3 is 5.97 Å². The molecule has 1 atom stereocenters. The summed E-state index contributed by atoms with van der Waals surface area (Å²) < 4.78 is 10.9. The smallest absolute Gasteiger partial charge is 0.331 e. The lowest BCUT2D eigenvalue weighted by Gasteiger charge is -2.10. The van der Waals surface area contributed by atoms with Gasteiger partial charge in [-0.2, -0.15) is 0 Å². The standard InChI is InChI=1S/C17H15BrO4/c1-11-3-5-13(6-4-11)17(20)12(2)21-16(19)10-8-14-7-9-15(18)22-14/h3-10,12H,1-2H3/b10-8+/t12-/m1/s1. The first-order chi connectivity index (χ1) is 10.5. The normalized spacial score (nSPS) is 12.3. The van der Waals surface area contributed by atoms with Crippen LogP contribution in [-0.2, 0) is 9.53 Å². The first-order valence-electron chi connectivity index (χ1n) is 6.70. The second kappa shape index (κ2) is 7.22. The third kappa shape index (κ3) is 4.43. The van der Waals surface area contributed by atoms with Gasteiger partial charge in [0.15, 0.2) is 10.8 Å². The number of ether oxygens (including phenoxy) is 1. The molecule has 1 aromatic heterocycles. The number of hydrogen-bond donors (Lipinski definition) is 0. The number of furan rings is 1. The van der Waals surface area contributed by atoms with Gasteiger partial charge in [-0.05, 0) is 48.0 Å². The third-order valence-electron chi connectivity index (χ3n) is 2.98. The second-order valence-corrected chi connectivity index (χ2v) is 5.57. The Morgan fingerprint density at radius 3 is 2.45 bits per heavy atom. The molecule has 0 saturated carbocycles. The Kier molecular flexibility index (Phi) is 5.33. The van der Waals surface area contributed by atoms with Crippen molar-refractivity contribution in [1.29, 1.82) is 0 Å². The Morgan fingerprint density at radius 1 is 1.18 bits per heavy atom. The number of halogens is 1. The van der Waals surface area contributed by atoms with Gasteiger partial charge in [0.05, 0.1) is 0 Å². The van der Waals surface area contributed by atoms with E-state index in [4.69, 9.17) is 9.15 Å². The summed E-state index contributed by atoms with van der Waals surface area (Å²) in [4.78, 5) is 23.9. The van der Waals surface area contributed by atoms with E-state index < -0.39 is 12.1 Å². The molecule has 2 rings (SSSR count). The van der Waals surface area contributed by atoms with Crippen LogP contribution in [0.25, 0.3) is 6.08 Å². The summed E-state index contributed by atoms with van der Waals surface area (Å²) in [6, 6.07) is 10.5. The van der Waals surface area contributed by atoms with Crippen molar-refractivity contribution >= 4 is 33.8 Å². The Labute approximate surface area is 136 Å². The van der Waals surface area contributed by atoms with E-state index in [0.717, 1.165) is 5.56 Å². The van der Waals surface area contributed by atoms with E-state index in [-0.39, 0.29) is 5.78 Å². The van der Waals surface area contributed by atoms with Crippen molar-refractivity contribution < 1.29 is 18.7 Å². The maximum atomic E-state index is 12.1. The van der Waals surface area contributed by atoms with Gasteiger partial charge in [0.1, 0.15) is 5.76 Å².